The van der Waals surface area contributed by atoms with Crippen molar-refractivity contribution in [3.8, 4) is 5.75 Å². The summed E-state index contributed by atoms with van der Waals surface area (Å²) < 4.78 is 47.9. The normalized spacial score (nSPS) is 18.8. The van der Waals surface area contributed by atoms with E-state index in [0.29, 0.717) is 31.1 Å². The van der Waals surface area contributed by atoms with Crippen molar-refractivity contribution in [2.75, 3.05) is 30.2 Å². The second kappa shape index (κ2) is 9.30. The van der Waals surface area contributed by atoms with E-state index in [0.717, 1.165) is 24.2 Å². The molecule has 2 bridgehead atoms. The first kappa shape index (κ1) is 23.9. The van der Waals surface area contributed by atoms with E-state index in [4.69, 9.17) is 4.74 Å². The molecule has 1 fully saturated rings. The molecule has 2 atom stereocenters. The van der Waals surface area contributed by atoms with Crippen LogP contribution in [0.5, 0.6) is 5.75 Å². The van der Waals surface area contributed by atoms with E-state index in [1.165, 1.54) is 18.2 Å². The van der Waals surface area contributed by atoms with Gasteiger partial charge in [0.25, 0.3) is 15.6 Å². The topological polar surface area (TPSA) is 110 Å². The molecular weight excluding hydrogens is 487 g/mol. The lowest BCUT2D eigenvalue weighted by Gasteiger charge is -2.42. The van der Waals surface area contributed by atoms with Crippen LogP contribution in [0.2, 0.25) is 0 Å². The first-order chi connectivity index (χ1) is 17.2. The molecule has 9 nitrogen and oxygen atoms in total. The predicted molar refractivity (Wildman–Crippen MR) is 132 cm³/mol. The van der Waals surface area contributed by atoms with Gasteiger partial charge >= 0.3 is 6.03 Å². The average molecular weight is 513 g/mol. The second-order valence-electron chi connectivity index (χ2n) is 9.01. The van der Waals surface area contributed by atoms with Crippen LogP contribution in [0.3, 0.4) is 0 Å². The molecule has 2 amide bonds. The number of carbonyl (C=O) groups is 1. The number of nitrogens with one attached hydrogen (secondary N) is 2. The van der Waals surface area contributed by atoms with Crippen molar-refractivity contribution in [2.24, 2.45) is 5.92 Å². The molecule has 0 saturated carbocycles. The van der Waals surface area contributed by atoms with Gasteiger partial charge in [0.05, 0.1) is 12.0 Å². The third-order valence-electron chi connectivity index (χ3n) is 6.58. The molecular formula is C25H25FN4O5S. The predicted octanol–water partition coefficient (Wildman–Crippen LogP) is 3.45. The maximum atomic E-state index is 13.5. The highest BCUT2D eigenvalue weighted by atomic mass is 32.2. The Labute approximate surface area is 207 Å². The summed E-state index contributed by atoms with van der Waals surface area (Å²) in [4.78, 5) is 27.6. The third-order valence-corrected chi connectivity index (χ3v) is 7.95. The first-order valence-corrected chi connectivity index (χ1v) is 12.9. The third kappa shape index (κ3) is 4.66. The Balaban J connectivity index is 1.33. The van der Waals surface area contributed by atoms with Crippen LogP contribution in [0, 0.1) is 11.7 Å². The zero-order valence-electron chi connectivity index (χ0n) is 19.5. The number of anilines is 2. The van der Waals surface area contributed by atoms with E-state index in [1.807, 2.05) is 0 Å². The molecule has 1 saturated heterocycles. The summed E-state index contributed by atoms with van der Waals surface area (Å²) in [5.74, 6) is -0.0000684. The van der Waals surface area contributed by atoms with Crippen LogP contribution in [0.15, 0.2) is 70.4 Å². The summed E-state index contributed by atoms with van der Waals surface area (Å²) in [6.07, 6.45) is 0.833. The number of ether oxygens (including phenoxy) is 1. The second-order valence-corrected chi connectivity index (χ2v) is 10.7. The fourth-order valence-electron chi connectivity index (χ4n) is 4.90. The number of pyridine rings is 1. The van der Waals surface area contributed by atoms with Gasteiger partial charge in [-0.2, -0.15) is 0 Å². The molecule has 36 heavy (non-hydrogen) atoms. The number of halogens is 1. The van der Waals surface area contributed by atoms with Crippen LogP contribution in [-0.2, 0) is 16.6 Å². The molecule has 2 aliphatic rings. The number of fused-ring (bicyclic) bond motifs is 4. The van der Waals surface area contributed by atoms with Crippen LogP contribution in [0.1, 0.15) is 18.0 Å². The average Bonchev–Trinajstić information content (AvgIpc) is 2.86. The molecule has 0 aliphatic carbocycles. The van der Waals surface area contributed by atoms with Crippen molar-refractivity contribution in [2.45, 2.75) is 23.8 Å². The molecule has 2 unspecified atom stereocenters. The summed E-state index contributed by atoms with van der Waals surface area (Å²) >= 11 is 0. The van der Waals surface area contributed by atoms with Crippen molar-refractivity contribution >= 4 is 27.4 Å². The molecule has 11 heteroatoms. The van der Waals surface area contributed by atoms with Crippen molar-refractivity contribution in [1.82, 2.24) is 9.47 Å². The lowest BCUT2D eigenvalue weighted by atomic mass is 9.83. The maximum Gasteiger partial charge on any atom is 0.321 e. The highest BCUT2D eigenvalue weighted by Crippen LogP contribution is 2.36. The maximum absolute atomic E-state index is 13.5. The minimum atomic E-state index is -4.13. The summed E-state index contributed by atoms with van der Waals surface area (Å²) in [5.41, 5.74) is 0.852. The minimum absolute atomic E-state index is 0.0469. The summed E-state index contributed by atoms with van der Waals surface area (Å²) in [6, 6.07) is 14.6. The standard InChI is InChI=1S/C25H25FN4O5S/c1-35-20-7-5-19(6-8-20)27-25(32)29-13-16-11-17(15-29)23-10-9-22(24(31)30(23)14-16)28-36(33,34)21-4-2-3-18(26)12-21/h2-10,12,16-17,28H,11,13-15H2,1H3,(H,27,32). The number of hydrogen-bond donors (Lipinski definition) is 2. The molecule has 0 spiro atoms. The Morgan fingerprint density at radius 1 is 1.06 bits per heavy atom. The van der Waals surface area contributed by atoms with E-state index in [2.05, 4.69) is 10.0 Å². The van der Waals surface area contributed by atoms with Crippen LogP contribution in [-0.4, -0.2) is 44.1 Å². The van der Waals surface area contributed by atoms with Crippen molar-refractivity contribution in [3.05, 3.63) is 82.5 Å². The van der Waals surface area contributed by atoms with Crippen LogP contribution >= 0.6 is 0 Å². The SMILES string of the molecule is COc1ccc(NC(=O)N2CC3CC(C2)c2ccc(NS(=O)(=O)c4cccc(F)c4)c(=O)n2C3)cc1. The molecule has 5 rings (SSSR count). The summed E-state index contributed by atoms with van der Waals surface area (Å²) in [6.45, 7) is 1.28. The van der Waals surface area contributed by atoms with Crippen molar-refractivity contribution in [3.63, 3.8) is 0 Å². The van der Waals surface area contributed by atoms with Crippen LogP contribution < -0.4 is 20.3 Å². The Kier molecular flexibility index (Phi) is 6.17. The molecule has 3 heterocycles. The van der Waals surface area contributed by atoms with E-state index in [-0.39, 0.29) is 28.4 Å². The van der Waals surface area contributed by atoms with Gasteiger partial charge in [0.1, 0.15) is 17.3 Å². The number of piperidine rings is 1. The quantitative estimate of drug-likeness (QED) is 0.544. The molecule has 1 aromatic heterocycles. The number of likely N-dealkylation sites (tertiary alicyclic amines) is 1. The summed E-state index contributed by atoms with van der Waals surface area (Å²) in [7, 11) is -2.56. The van der Waals surface area contributed by atoms with Gasteiger partial charge in [-0.15, -0.1) is 0 Å². The van der Waals surface area contributed by atoms with Crippen LogP contribution in [0.25, 0.3) is 0 Å². The summed E-state index contributed by atoms with van der Waals surface area (Å²) in [5, 5.41) is 2.90. The fourth-order valence-corrected chi connectivity index (χ4v) is 5.99. The largest absolute Gasteiger partial charge is 0.497 e. The first-order valence-electron chi connectivity index (χ1n) is 11.5. The fraction of sp³-hybridized carbons (Fsp3) is 0.280. The highest BCUT2D eigenvalue weighted by molar-refractivity contribution is 7.92. The molecule has 2 aromatic carbocycles. The van der Waals surface area contributed by atoms with Gasteiger partial charge in [0.15, 0.2) is 0 Å². The van der Waals surface area contributed by atoms with E-state index in [9.17, 15) is 22.4 Å². The molecule has 188 valence electrons. The van der Waals surface area contributed by atoms with Gasteiger partial charge in [-0.05, 0) is 66.9 Å². The molecule has 2 N–H and O–H groups in total. The van der Waals surface area contributed by atoms with E-state index < -0.39 is 21.4 Å². The van der Waals surface area contributed by atoms with Crippen LogP contribution in [0.4, 0.5) is 20.6 Å². The Hall–Kier alpha value is -3.86. The number of aromatic nitrogens is 1. The van der Waals surface area contributed by atoms with E-state index in [1.54, 1.807) is 46.9 Å². The zero-order valence-corrected chi connectivity index (χ0v) is 20.3. The molecule has 2 aliphatic heterocycles. The number of sulfonamides is 1. The van der Waals surface area contributed by atoms with Gasteiger partial charge < -0.3 is 19.5 Å². The number of carbonyl (C=O) groups excluding carboxylic acids is 1. The van der Waals surface area contributed by atoms with Gasteiger partial charge in [-0.25, -0.2) is 17.6 Å². The number of benzene rings is 2. The lowest BCUT2D eigenvalue weighted by Crippen LogP contribution is -2.50. The van der Waals surface area contributed by atoms with Crippen molar-refractivity contribution in [1.29, 1.82) is 0 Å². The van der Waals surface area contributed by atoms with Gasteiger partial charge in [0.2, 0.25) is 0 Å². The number of methoxy groups -OCH3 is 1. The van der Waals surface area contributed by atoms with Gasteiger partial charge in [0, 0.05) is 36.9 Å². The number of rotatable bonds is 5. The van der Waals surface area contributed by atoms with Crippen molar-refractivity contribution < 1.29 is 22.3 Å². The molecule has 0 radical (unpaired) electrons. The number of urea groups is 1. The number of nitrogens with zero attached hydrogens (tertiary/aromatic N) is 2. The highest BCUT2D eigenvalue weighted by Gasteiger charge is 2.37. The number of hydrogen-bond acceptors (Lipinski definition) is 5. The smallest absolute Gasteiger partial charge is 0.321 e. The Morgan fingerprint density at radius 2 is 1.83 bits per heavy atom. The number of amides is 2. The lowest BCUT2D eigenvalue weighted by molar-refractivity contribution is 0.139. The van der Waals surface area contributed by atoms with Gasteiger partial charge in [-0.3, -0.25) is 9.52 Å². The Morgan fingerprint density at radius 3 is 2.56 bits per heavy atom. The van der Waals surface area contributed by atoms with E-state index >= 15 is 0 Å². The minimum Gasteiger partial charge on any atom is -0.497 e. The van der Waals surface area contributed by atoms with Gasteiger partial charge in [-0.1, -0.05) is 6.07 Å². The Bertz CT molecular complexity index is 1470. The zero-order chi connectivity index (χ0) is 25.4. The monoisotopic (exact) mass is 512 g/mol. The molecule has 3 aromatic rings.